The molecule has 0 aliphatic carbocycles. The summed E-state index contributed by atoms with van der Waals surface area (Å²) in [5, 5.41) is 7.75. The fourth-order valence-electron chi connectivity index (χ4n) is 1.15. The van der Waals surface area contributed by atoms with Gasteiger partial charge in [0.05, 0.1) is 5.69 Å². The average Bonchev–Trinajstić information content (AvgIpc) is 2.23. The summed E-state index contributed by atoms with van der Waals surface area (Å²) in [7, 11) is 0. The van der Waals surface area contributed by atoms with Gasteiger partial charge in [-0.25, -0.2) is 4.39 Å². The van der Waals surface area contributed by atoms with Gasteiger partial charge >= 0.3 is 0 Å². The van der Waals surface area contributed by atoms with E-state index in [0.717, 1.165) is 4.47 Å². The van der Waals surface area contributed by atoms with Crippen molar-refractivity contribution in [1.82, 2.24) is 10.2 Å². The lowest BCUT2D eigenvalue weighted by Gasteiger charge is -2.02. The van der Waals surface area contributed by atoms with Gasteiger partial charge in [-0.2, -0.15) is 0 Å². The Hall–Kier alpha value is -1.00. The number of halogens is 3. The summed E-state index contributed by atoms with van der Waals surface area (Å²) < 4.78 is 14.2. The first-order chi connectivity index (χ1) is 7.16. The minimum atomic E-state index is -0.338. The SMILES string of the molecule is Fc1ccc(Br)cc1-c1ccc(Cl)nn1. The van der Waals surface area contributed by atoms with Crippen molar-refractivity contribution in [2.24, 2.45) is 0 Å². The third kappa shape index (κ3) is 2.33. The maximum atomic E-state index is 13.4. The van der Waals surface area contributed by atoms with Gasteiger partial charge in [0.25, 0.3) is 0 Å². The Morgan fingerprint density at radius 2 is 1.93 bits per heavy atom. The van der Waals surface area contributed by atoms with Crippen LogP contribution in [0.25, 0.3) is 11.3 Å². The van der Waals surface area contributed by atoms with Gasteiger partial charge in [0, 0.05) is 10.0 Å². The lowest BCUT2D eigenvalue weighted by molar-refractivity contribution is 0.630. The molecule has 0 aliphatic rings. The Bertz CT molecular complexity index is 487. The molecule has 0 unspecified atom stereocenters. The zero-order valence-electron chi connectivity index (χ0n) is 7.42. The summed E-state index contributed by atoms with van der Waals surface area (Å²) in [6.07, 6.45) is 0. The van der Waals surface area contributed by atoms with Crippen LogP contribution in [0.2, 0.25) is 5.15 Å². The van der Waals surface area contributed by atoms with E-state index in [1.807, 2.05) is 0 Å². The minimum absolute atomic E-state index is 0.286. The zero-order valence-corrected chi connectivity index (χ0v) is 9.76. The largest absolute Gasteiger partial charge is 0.206 e. The summed E-state index contributed by atoms with van der Waals surface area (Å²) in [5.41, 5.74) is 0.853. The van der Waals surface area contributed by atoms with Crippen LogP contribution in [0, 0.1) is 5.82 Å². The summed E-state index contributed by atoms with van der Waals surface area (Å²) in [6, 6.07) is 7.84. The van der Waals surface area contributed by atoms with Gasteiger partial charge in [-0.05, 0) is 30.3 Å². The molecule has 2 nitrogen and oxygen atoms in total. The Kier molecular flexibility index (Phi) is 2.98. The van der Waals surface area contributed by atoms with Crippen LogP contribution in [0.4, 0.5) is 4.39 Å². The van der Waals surface area contributed by atoms with Crippen LogP contribution in [0.5, 0.6) is 0 Å². The molecule has 2 rings (SSSR count). The van der Waals surface area contributed by atoms with Crippen molar-refractivity contribution in [3.8, 4) is 11.3 Å². The van der Waals surface area contributed by atoms with Crippen LogP contribution < -0.4 is 0 Å². The molecule has 0 bridgehead atoms. The molecule has 0 spiro atoms. The van der Waals surface area contributed by atoms with E-state index in [2.05, 4.69) is 26.1 Å². The molecule has 0 fully saturated rings. The third-order valence-corrected chi connectivity index (χ3v) is 2.53. The highest BCUT2D eigenvalue weighted by molar-refractivity contribution is 9.10. The van der Waals surface area contributed by atoms with Gasteiger partial charge in [0.1, 0.15) is 5.82 Å². The monoisotopic (exact) mass is 286 g/mol. The molecule has 1 heterocycles. The molecule has 1 aromatic heterocycles. The van der Waals surface area contributed by atoms with Crippen molar-refractivity contribution in [3.63, 3.8) is 0 Å². The summed E-state index contributed by atoms with van der Waals surface area (Å²) in [6.45, 7) is 0. The lowest BCUT2D eigenvalue weighted by atomic mass is 10.1. The Morgan fingerprint density at radius 3 is 2.60 bits per heavy atom. The van der Waals surface area contributed by atoms with Crippen LogP contribution in [-0.2, 0) is 0 Å². The summed E-state index contributed by atoms with van der Waals surface area (Å²) >= 11 is 8.86. The molecule has 2 aromatic rings. The predicted molar refractivity (Wildman–Crippen MR) is 60.1 cm³/mol. The maximum Gasteiger partial charge on any atom is 0.151 e. The number of nitrogens with zero attached hydrogens (tertiary/aromatic N) is 2. The van der Waals surface area contributed by atoms with Gasteiger partial charge < -0.3 is 0 Å². The third-order valence-electron chi connectivity index (χ3n) is 1.84. The Labute approximate surface area is 99.2 Å². The van der Waals surface area contributed by atoms with Crippen molar-refractivity contribution in [2.45, 2.75) is 0 Å². The molecule has 0 N–H and O–H groups in total. The minimum Gasteiger partial charge on any atom is -0.206 e. The van der Waals surface area contributed by atoms with E-state index >= 15 is 0 Å². The van der Waals surface area contributed by atoms with Gasteiger partial charge in [0.15, 0.2) is 5.15 Å². The fourth-order valence-corrected chi connectivity index (χ4v) is 1.62. The molecular formula is C10H5BrClFN2. The van der Waals surface area contributed by atoms with Crippen LogP contribution in [0.3, 0.4) is 0 Å². The van der Waals surface area contributed by atoms with Crippen molar-refractivity contribution in [1.29, 1.82) is 0 Å². The summed E-state index contributed by atoms with van der Waals surface area (Å²) in [4.78, 5) is 0. The number of hydrogen-bond donors (Lipinski definition) is 0. The number of rotatable bonds is 1. The molecule has 0 aliphatic heterocycles. The molecule has 0 saturated carbocycles. The molecule has 76 valence electrons. The highest BCUT2D eigenvalue weighted by Crippen LogP contribution is 2.24. The second-order valence-corrected chi connectivity index (χ2v) is 4.17. The molecule has 0 saturated heterocycles. The first-order valence-corrected chi connectivity index (χ1v) is 5.28. The molecule has 0 amide bonds. The highest BCUT2D eigenvalue weighted by atomic mass is 79.9. The van der Waals surface area contributed by atoms with Crippen molar-refractivity contribution in [3.05, 3.63) is 45.8 Å². The Balaban J connectivity index is 2.53. The first kappa shape index (κ1) is 10.5. The smallest absolute Gasteiger partial charge is 0.151 e. The van der Waals surface area contributed by atoms with Crippen LogP contribution in [0.15, 0.2) is 34.8 Å². The number of aromatic nitrogens is 2. The van der Waals surface area contributed by atoms with Crippen LogP contribution in [0.1, 0.15) is 0 Å². The maximum absolute atomic E-state index is 13.4. The second kappa shape index (κ2) is 4.24. The van der Waals surface area contributed by atoms with E-state index in [9.17, 15) is 4.39 Å². The topological polar surface area (TPSA) is 25.8 Å². The summed E-state index contributed by atoms with van der Waals surface area (Å²) in [5.74, 6) is -0.338. The quantitative estimate of drug-likeness (QED) is 0.799. The van der Waals surface area contributed by atoms with Crippen molar-refractivity contribution >= 4 is 27.5 Å². The zero-order chi connectivity index (χ0) is 10.8. The second-order valence-electron chi connectivity index (χ2n) is 2.87. The molecule has 0 atom stereocenters. The Morgan fingerprint density at radius 1 is 1.13 bits per heavy atom. The fraction of sp³-hybridized carbons (Fsp3) is 0. The molecule has 5 heteroatoms. The highest BCUT2D eigenvalue weighted by Gasteiger charge is 2.07. The lowest BCUT2D eigenvalue weighted by Crippen LogP contribution is -1.90. The molecule has 1 aromatic carbocycles. The van der Waals surface area contributed by atoms with Crippen molar-refractivity contribution in [2.75, 3.05) is 0 Å². The van der Waals surface area contributed by atoms with E-state index in [4.69, 9.17) is 11.6 Å². The number of benzene rings is 1. The average molecular weight is 288 g/mol. The van der Waals surface area contributed by atoms with Gasteiger partial charge in [0.2, 0.25) is 0 Å². The number of hydrogen-bond acceptors (Lipinski definition) is 2. The van der Waals surface area contributed by atoms with Gasteiger partial charge in [-0.15, -0.1) is 10.2 Å². The predicted octanol–water partition coefficient (Wildman–Crippen LogP) is 3.70. The molecule has 0 radical (unpaired) electrons. The van der Waals surface area contributed by atoms with E-state index in [1.54, 1.807) is 24.3 Å². The molecule has 15 heavy (non-hydrogen) atoms. The van der Waals surface area contributed by atoms with E-state index < -0.39 is 0 Å². The van der Waals surface area contributed by atoms with Crippen LogP contribution >= 0.6 is 27.5 Å². The van der Waals surface area contributed by atoms with Gasteiger partial charge in [-0.1, -0.05) is 27.5 Å². The molecular weight excluding hydrogens is 282 g/mol. The van der Waals surface area contributed by atoms with Crippen LogP contribution in [-0.4, -0.2) is 10.2 Å². The standard InChI is InChI=1S/C10H5BrClFN2/c11-6-1-2-8(13)7(5-6)9-3-4-10(12)15-14-9/h1-5H. The van der Waals surface area contributed by atoms with Crippen molar-refractivity contribution < 1.29 is 4.39 Å². The van der Waals surface area contributed by atoms with E-state index in [-0.39, 0.29) is 11.0 Å². The van der Waals surface area contributed by atoms with Gasteiger partial charge in [-0.3, -0.25) is 0 Å². The van der Waals surface area contributed by atoms with E-state index in [0.29, 0.717) is 11.3 Å². The first-order valence-electron chi connectivity index (χ1n) is 4.11. The van der Waals surface area contributed by atoms with E-state index in [1.165, 1.54) is 6.07 Å². The normalized spacial score (nSPS) is 10.3.